The molecule has 1 saturated heterocycles. The first-order chi connectivity index (χ1) is 9.13. The summed E-state index contributed by atoms with van der Waals surface area (Å²) in [6.45, 7) is 6.03. The summed E-state index contributed by atoms with van der Waals surface area (Å²) >= 11 is 0. The van der Waals surface area contributed by atoms with Crippen LogP contribution in [-0.4, -0.2) is 43.0 Å². The van der Waals surface area contributed by atoms with Gasteiger partial charge in [0.05, 0.1) is 12.1 Å². The lowest BCUT2D eigenvalue weighted by Gasteiger charge is -2.38. The average molecular weight is 261 g/mol. The first-order valence-corrected chi connectivity index (χ1v) is 6.99. The van der Waals surface area contributed by atoms with Gasteiger partial charge in [0.25, 0.3) is 0 Å². The van der Waals surface area contributed by atoms with Crippen LogP contribution in [-0.2, 0) is 4.74 Å². The number of nitrogens with zero attached hydrogens (tertiary/aromatic N) is 1. The number of hydrogen-bond donors (Lipinski definition) is 0. The Morgan fingerprint density at radius 1 is 1.37 bits per heavy atom. The minimum atomic E-state index is -0.0763. The molecule has 1 aromatic rings. The normalized spacial score (nSPS) is 26.1. The van der Waals surface area contributed by atoms with E-state index in [1.54, 1.807) is 7.11 Å². The number of likely N-dealkylation sites (tertiary alicyclic amines) is 1. The van der Waals surface area contributed by atoms with Crippen molar-refractivity contribution in [3.63, 3.8) is 0 Å². The number of Topliss-reactive ketones (excluding diaryl/α,β-unsaturated/α-hetero) is 1. The highest BCUT2D eigenvalue weighted by molar-refractivity contribution is 5.99. The molecule has 1 heterocycles. The van der Waals surface area contributed by atoms with Gasteiger partial charge in [-0.15, -0.1) is 0 Å². The highest BCUT2D eigenvalue weighted by Gasteiger charge is 2.31. The van der Waals surface area contributed by atoms with E-state index in [1.165, 1.54) is 0 Å². The molecule has 3 unspecified atom stereocenters. The quantitative estimate of drug-likeness (QED) is 0.780. The standard InChI is InChI=1S/C16H23NO2/c1-12-9-10-17(11-15(12)19-3)13(2)16(18)14-7-5-4-6-8-14/h4-8,12-13,15H,9-11H2,1-3H3. The molecule has 104 valence electrons. The SMILES string of the molecule is COC1CN(C(C)C(=O)c2ccccc2)CCC1C. The van der Waals surface area contributed by atoms with Crippen molar-refractivity contribution in [3.05, 3.63) is 35.9 Å². The molecular weight excluding hydrogens is 238 g/mol. The van der Waals surface area contributed by atoms with Crippen molar-refractivity contribution in [2.75, 3.05) is 20.2 Å². The number of carbonyl (C=O) groups is 1. The molecule has 2 rings (SSSR count). The molecule has 1 aliphatic heterocycles. The van der Waals surface area contributed by atoms with Gasteiger partial charge in [-0.3, -0.25) is 9.69 Å². The molecule has 0 amide bonds. The average Bonchev–Trinajstić information content (AvgIpc) is 2.47. The van der Waals surface area contributed by atoms with E-state index in [2.05, 4.69) is 11.8 Å². The zero-order valence-electron chi connectivity index (χ0n) is 12.0. The van der Waals surface area contributed by atoms with E-state index in [1.807, 2.05) is 37.3 Å². The van der Waals surface area contributed by atoms with Gasteiger partial charge in [-0.05, 0) is 25.8 Å². The van der Waals surface area contributed by atoms with Gasteiger partial charge in [-0.2, -0.15) is 0 Å². The highest BCUT2D eigenvalue weighted by Crippen LogP contribution is 2.22. The van der Waals surface area contributed by atoms with Crippen molar-refractivity contribution in [2.24, 2.45) is 5.92 Å². The number of carbonyl (C=O) groups excluding carboxylic acids is 1. The number of benzene rings is 1. The van der Waals surface area contributed by atoms with Gasteiger partial charge in [0.2, 0.25) is 0 Å². The van der Waals surface area contributed by atoms with Crippen LogP contribution in [0.1, 0.15) is 30.6 Å². The lowest BCUT2D eigenvalue weighted by atomic mass is 9.93. The Balaban J connectivity index is 2.04. The summed E-state index contributed by atoms with van der Waals surface area (Å²) in [6.07, 6.45) is 1.32. The number of ketones is 1. The van der Waals surface area contributed by atoms with E-state index in [-0.39, 0.29) is 17.9 Å². The molecule has 0 radical (unpaired) electrons. The van der Waals surface area contributed by atoms with Gasteiger partial charge >= 0.3 is 0 Å². The molecule has 0 bridgehead atoms. The molecule has 0 saturated carbocycles. The minimum absolute atomic E-state index is 0.0763. The molecule has 1 aliphatic rings. The van der Waals surface area contributed by atoms with Crippen LogP contribution < -0.4 is 0 Å². The summed E-state index contributed by atoms with van der Waals surface area (Å²) < 4.78 is 5.52. The summed E-state index contributed by atoms with van der Waals surface area (Å²) in [5, 5.41) is 0. The molecule has 0 spiro atoms. The summed E-state index contributed by atoms with van der Waals surface area (Å²) in [4.78, 5) is 14.7. The van der Waals surface area contributed by atoms with Crippen LogP contribution in [0.2, 0.25) is 0 Å². The van der Waals surface area contributed by atoms with E-state index >= 15 is 0 Å². The minimum Gasteiger partial charge on any atom is -0.380 e. The molecule has 0 aromatic heterocycles. The Kier molecular flexibility index (Phi) is 4.72. The lowest BCUT2D eigenvalue weighted by Crippen LogP contribution is -2.50. The number of piperidine rings is 1. The number of methoxy groups -OCH3 is 1. The van der Waals surface area contributed by atoms with Gasteiger partial charge in [0.1, 0.15) is 0 Å². The van der Waals surface area contributed by atoms with Crippen molar-refractivity contribution in [1.82, 2.24) is 4.90 Å². The zero-order chi connectivity index (χ0) is 13.8. The molecule has 0 N–H and O–H groups in total. The van der Waals surface area contributed by atoms with Crippen molar-refractivity contribution < 1.29 is 9.53 Å². The second-order valence-corrected chi connectivity index (χ2v) is 5.44. The second kappa shape index (κ2) is 6.31. The predicted octanol–water partition coefficient (Wildman–Crippen LogP) is 2.61. The van der Waals surface area contributed by atoms with Crippen molar-refractivity contribution in [2.45, 2.75) is 32.4 Å². The predicted molar refractivity (Wildman–Crippen MR) is 76.4 cm³/mol. The van der Waals surface area contributed by atoms with Gasteiger partial charge in [0, 0.05) is 19.2 Å². The van der Waals surface area contributed by atoms with Crippen LogP contribution in [0.5, 0.6) is 0 Å². The Hall–Kier alpha value is -1.19. The fourth-order valence-corrected chi connectivity index (χ4v) is 2.73. The fraction of sp³-hybridized carbons (Fsp3) is 0.562. The Bertz CT molecular complexity index is 418. The molecule has 3 heteroatoms. The molecular formula is C16H23NO2. The van der Waals surface area contributed by atoms with Gasteiger partial charge in [0.15, 0.2) is 5.78 Å². The lowest BCUT2D eigenvalue weighted by molar-refractivity contribution is -0.0139. The Morgan fingerprint density at radius 3 is 2.68 bits per heavy atom. The molecule has 1 fully saturated rings. The smallest absolute Gasteiger partial charge is 0.179 e. The molecule has 0 aliphatic carbocycles. The highest BCUT2D eigenvalue weighted by atomic mass is 16.5. The largest absolute Gasteiger partial charge is 0.380 e. The third-order valence-corrected chi connectivity index (χ3v) is 4.21. The van der Waals surface area contributed by atoms with E-state index in [0.717, 1.165) is 25.1 Å². The topological polar surface area (TPSA) is 29.5 Å². The maximum atomic E-state index is 12.4. The third kappa shape index (κ3) is 3.23. The number of rotatable bonds is 4. The van der Waals surface area contributed by atoms with Crippen LogP contribution in [0, 0.1) is 5.92 Å². The third-order valence-electron chi connectivity index (χ3n) is 4.21. The molecule has 1 aromatic carbocycles. The van der Waals surface area contributed by atoms with Crippen LogP contribution in [0.4, 0.5) is 0 Å². The fourth-order valence-electron chi connectivity index (χ4n) is 2.73. The van der Waals surface area contributed by atoms with Crippen molar-refractivity contribution in [3.8, 4) is 0 Å². The van der Waals surface area contributed by atoms with Crippen LogP contribution in [0.3, 0.4) is 0 Å². The number of ether oxygens (including phenoxy) is 1. The molecule has 19 heavy (non-hydrogen) atoms. The Labute approximate surface area is 115 Å². The summed E-state index contributed by atoms with van der Waals surface area (Å²) in [6, 6.07) is 9.46. The van der Waals surface area contributed by atoms with Crippen LogP contribution in [0.15, 0.2) is 30.3 Å². The summed E-state index contributed by atoms with van der Waals surface area (Å²) in [5.41, 5.74) is 0.794. The maximum absolute atomic E-state index is 12.4. The van der Waals surface area contributed by atoms with Gasteiger partial charge in [-0.1, -0.05) is 37.3 Å². The monoisotopic (exact) mass is 261 g/mol. The molecule has 3 atom stereocenters. The van der Waals surface area contributed by atoms with Gasteiger partial charge in [-0.25, -0.2) is 0 Å². The first-order valence-electron chi connectivity index (χ1n) is 6.99. The summed E-state index contributed by atoms with van der Waals surface area (Å²) in [5.74, 6) is 0.769. The second-order valence-electron chi connectivity index (χ2n) is 5.44. The number of hydrogen-bond acceptors (Lipinski definition) is 3. The van der Waals surface area contributed by atoms with Crippen molar-refractivity contribution >= 4 is 5.78 Å². The van der Waals surface area contributed by atoms with E-state index in [0.29, 0.717) is 5.92 Å². The first kappa shape index (κ1) is 14.2. The van der Waals surface area contributed by atoms with E-state index < -0.39 is 0 Å². The van der Waals surface area contributed by atoms with Crippen LogP contribution in [0.25, 0.3) is 0 Å². The molecule has 3 nitrogen and oxygen atoms in total. The van der Waals surface area contributed by atoms with Crippen molar-refractivity contribution in [1.29, 1.82) is 0 Å². The van der Waals surface area contributed by atoms with E-state index in [9.17, 15) is 4.79 Å². The zero-order valence-corrected chi connectivity index (χ0v) is 12.0. The Morgan fingerprint density at radius 2 is 2.05 bits per heavy atom. The van der Waals surface area contributed by atoms with E-state index in [4.69, 9.17) is 4.74 Å². The van der Waals surface area contributed by atoms with Gasteiger partial charge < -0.3 is 4.74 Å². The summed E-state index contributed by atoms with van der Waals surface area (Å²) in [7, 11) is 1.76. The van der Waals surface area contributed by atoms with Crippen LogP contribution >= 0.6 is 0 Å². The maximum Gasteiger partial charge on any atom is 0.179 e.